The van der Waals surface area contributed by atoms with E-state index in [0.717, 1.165) is 10.9 Å². The largest absolute Gasteiger partial charge is 0.337 e. The molecule has 33 heavy (non-hydrogen) atoms. The van der Waals surface area contributed by atoms with Gasteiger partial charge in [0.2, 0.25) is 0 Å². The van der Waals surface area contributed by atoms with Crippen molar-refractivity contribution in [1.82, 2.24) is 4.90 Å². The highest BCUT2D eigenvalue weighted by Crippen LogP contribution is 2.30. The highest BCUT2D eigenvalue weighted by atomic mass is 35.5. The number of hydrogen-bond donors (Lipinski definition) is 1. The molecule has 4 rings (SSSR count). The summed E-state index contributed by atoms with van der Waals surface area (Å²) in [7, 11) is -2.29. The molecule has 0 saturated heterocycles. The lowest BCUT2D eigenvalue weighted by molar-refractivity contribution is 0.0785. The molecule has 0 bridgehead atoms. The summed E-state index contributed by atoms with van der Waals surface area (Å²) in [5.74, 6) is -0.226. The quantitative estimate of drug-likeness (QED) is 0.343. The number of nitrogens with one attached hydrogen (secondary N) is 1. The second-order valence-electron chi connectivity index (χ2n) is 7.60. The lowest BCUT2D eigenvalue weighted by atomic mass is 10.0. The van der Waals surface area contributed by atoms with Gasteiger partial charge in [0.1, 0.15) is 0 Å². The first kappa shape index (κ1) is 23.1. The molecule has 0 saturated carbocycles. The summed E-state index contributed by atoms with van der Waals surface area (Å²) in [6, 6.07) is 24.3. The molecule has 1 amide bonds. The van der Waals surface area contributed by atoms with Crippen LogP contribution in [0.1, 0.15) is 15.9 Å². The van der Waals surface area contributed by atoms with E-state index in [1.54, 1.807) is 36.2 Å². The Kier molecular flexibility index (Phi) is 6.61. The van der Waals surface area contributed by atoms with E-state index in [0.29, 0.717) is 23.2 Å². The number of anilines is 1. The number of rotatable bonds is 6. The molecule has 0 aromatic heterocycles. The van der Waals surface area contributed by atoms with E-state index in [1.165, 1.54) is 18.2 Å². The third-order valence-electron chi connectivity index (χ3n) is 5.11. The summed E-state index contributed by atoms with van der Waals surface area (Å²) in [4.78, 5) is 14.7. The molecule has 0 unspecified atom stereocenters. The molecule has 0 aliphatic carbocycles. The van der Waals surface area contributed by atoms with Crippen molar-refractivity contribution in [1.29, 1.82) is 0 Å². The van der Waals surface area contributed by atoms with Crippen molar-refractivity contribution in [3.05, 3.63) is 106 Å². The number of carbonyl (C=O) groups is 1. The Morgan fingerprint density at radius 3 is 2.21 bits per heavy atom. The van der Waals surface area contributed by atoms with Gasteiger partial charge in [0.25, 0.3) is 15.9 Å². The number of halogens is 2. The Labute approximate surface area is 202 Å². The minimum absolute atomic E-state index is 0.0676. The average molecular weight is 499 g/mol. The zero-order valence-corrected chi connectivity index (χ0v) is 20.0. The molecule has 0 radical (unpaired) electrons. The summed E-state index contributed by atoms with van der Waals surface area (Å²) in [6.07, 6.45) is 0. The maximum absolute atomic E-state index is 13.2. The molecule has 0 atom stereocenters. The topological polar surface area (TPSA) is 66.5 Å². The molecule has 0 aliphatic rings. The van der Waals surface area contributed by atoms with Crippen molar-refractivity contribution in [3.63, 3.8) is 0 Å². The standard InChI is InChI=1S/C25H20Cl2N2O3S/c1-29(16-17-7-3-2-4-8-17)25(30)19-11-18-9-5-6-10-23(18)24(12-19)28-33(31,32)22-14-20(26)13-21(27)15-22/h2-15,28H,16H2,1H3. The van der Waals surface area contributed by atoms with E-state index in [4.69, 9.17) is 23.2 Å². The van der Waals surface area contributed by atoms with Crippen molar-refractivity contribution in [2.45, 2.75) is 11.4 Å². The van der Waals surface area contributed by atoms with Crippen LogP contribution in [0.15, 0.2) is 89.8 Å². The molecule has 5 nitrogen and oxygen atoms in total. The van der Waals surface area contributed by atoms with Crippen LogP contribution in [0.5, 0.6) is 0 Å². The number of amides is 1. The minimum Gasteiger partial charge on any atom is -0.337 e. The molecule has 4 aromatic carbocycles. The van der Waals surface area contributed by atoms with E-state index in [9.17, 15) is 13.2 Å². The molecule has 0 fully saturated rings. The summed E-state index contributed by atoms with van der Waals surface area (Å²) in [6.45, 7) is 0.425. The van der Waals surface area contributed by atoms with Crippen molar-refractivity contribution in [2.24, 2.45) is 0 Å². The summed E-state index contributed by atoms with van der Waals surface area (Å²) in [5.41, 5.74) is 1.66. The summed E-state index contributed by atoms with van der Waals surface area (Å²) in [5, 5.41) is 1.81. The van der Waals surface area contributed by atoms with E-state index in [-0.39, 0.29) is 20.8 Å². The molecule has 0 spiro atoms. The van der Waals surface area contributed by atoms with Gasteiger partial charge < -0.3 is 4.90 Å². The maximum atomic E-state index is 13.2. The SMILES string of the molecule is CN(Cc1ccccc1)C(=O)c1cc(NS(=O)(=O)c2cc(Cl)cc(Cl)c2)c2ccccc2c1. The van der Waals surface area contributed by atoms with Gasteiger partial charge in [-0.3, -0.25) is 9.52 Å². The van der Waals surface area contributed by atoms with Crippen LogP contribution in [-0.4, -0.2) is 26.3 Å². The Hall–Kier alpha value is -3.06. The van der Waals surface area contributed by atoms with Crippen molar-refractivity contribution >= 4 is 55.6 Å². The van der Waals surface area contributed by atoms with Gasteiger partial charge in [-0.05, 0) is 41.3 Å². The van der Waals surface area contributed by atoms with Crippen molar-refractivity contribution < 1.29 is 13.2 Å². The smallest absolute Gasteiger partial charge is 0.262 e. The van der Waals surface area contributed by atoms with E-state index in [1.807, 2.05) is 42.5 Å². The van der Waals surface area contributed by atoms with Crippen LogP contribution < -0.4 is 4.72 Å². The number of carbonyl (C=O) groups excluding carboxylic acids is 1. The van der Waals surface area contributed by atoms with Gasteiger partial charge in [-0.15, -0.1) is 0 Å². The van der Waals surface area contributed by atoms with Crippen LogP contribution in [0.4, 0.5) is 5.69 Å². The second kappa shape index (κ2) is 9.43. The fourth-order valence-electron chi connectivity index (χ4n) is 3.56. The van der Waals surface area contributed by atoms with Crippen LogP contribution in [0.2, 0.25) is 10.0 Å². The molecule has 168 valence electrons. The predicted octanol–water partition coefficient (Wildman–Crippen LogP) is 6.22. The van der Waals surface area contributed by atoms with E-state index in [2.05, 4.69) is 4.72 Å². The summed E-state index contributed by atoms with van der Waals surface area (Å²) >= 11 is 12.0. The molecule has 8 heteroatoms. The summed E-state index contributed by atoms with van der Waals surface area (Å²) < 4.78 is 28.8. The van der Waals surface area contributed by atoms with Gasteiger partial charge >= 0.3 is 0 Å². The normalized spacial score (nSPS) is 11.4. The van der Waals surface area contributed by atoms with Crippen LogP contribution in [-0.2, 0) is 16.6 Å². The van der Waals surface area contributed by atoms with Gasteiger partial charge in [-0.25, -0.2) is 8.42 Å². The monoisotopic (exact) mass is 498 g/mol. The Balaban J connectivity index is 1.72. The molecule has 0 aliphatic heterocycles. The molecular weight excluding hydrogens is 479 g/mol. The van der Waals surface area contributed by atoms with Crippen LogP contribution >= 0.6 is 23.2 Å². The third kappa shape index (κ3) is 5.30. The van der Waals surface area contributed by atoms with Gasteiger partial charge in [0.05, 0.1) is 10.6 Å². The minimum atomic E-state index is -4.00. The third-order valence-corrected chi connectivity index (χ3v) is 6.89. The lowest BCUT2D eigenvalue weighted by Gasteiger charge is -2.19. The zero-order chi connectivity index (χ0) is 23.6. The highest BCUT2D eigenvalue weighted by Gasteiger charge is 2.20. The van der Waals surface area contributed by atoms with Crippen LogP contribution in [0.25, 0.3) is 10.8 Å². The molecule has 1 N–H and O–H groups in total. The number of fused-ring (bicyclic) bond motifs is 1. The fourth-order valence-corrected chi connectivity index (χ4v) is 5.35. The van der Waals surface area contributed by atoms with Gasteiger partial charge in [-0.1, -0.05) is 77.8 Å². The number of benzene rings is 4. The Morgan fingerprint density at radius 2 is 1.52 bits per heavy atom. The van der Waals surface area contributed by atoms with E-state index >= 15 is 0 Å². The second-order valence-corrected chi connectivity index (χ2v) is 10.2. The number of sulfonamides is 1. The molecule has 0 heterocycles. The first-order valence-corrected chi connectivity index (χ1v) is 12.3. The van der Waals surface area contributed by atoms with Gasteiger partial charge in [-0.2, -0.15) is 0 Å². The van der Waals surface area contributed by atoms with Crippen molar-refractivity contribution in [3.8, 4) is 0 Å². The first-order valence-electron chi connectivity index (χ1n) is 10.0. The lowest BCUT2D eigenvalue weighted by Crippen LogP contribution is -2.26. The first-order chi connectivity index (χ1) is 15.7. The van der Waals surface area contributed by atoms with Crippen LogP contribution in [0, 0.1) is 0 Å². The van der Waals surface area contributed by atoms with Gasteiger partial charge in [0.15, 0.2) is 0 Å². The number of nitrogens with zero attached hydrogens (tertiary/aromatic N) is 1. The average Bonchev–Trinajstić information content (AvgIpc) is 2.78. The van der Waals surface area contributed by atoms with Gasteiger partial charge in [0, 0.05) is 34.6 Å². The molecular formula is C25H20Cl2N2O3S. The fraction of sp³-hybridized carbons (Fsp3) is 0.0800. The Morgan fingerprint density at radius 1 is 0.879 bits per heavy atom. The number of hydrogen-bond acceptors (Lipinski definition) is 3. The van der Waals surface area contributed by atoms with Crippen molar-refractivity contribution in [2.75, 3.05) is 11.8 Å². The maximum Gasteiger partial charge on any atom is 0.262 e. The zero-order valence-electron chi connectivity index (χ0n) is 17.6. The van der Waals surface area contributed by atoms with E-state index < -0.39 is 10.0 Å². The predicted molar refractivity (Wildman–Crippen MR) is 133 cm³/mol. The van der Waals surface area contributed by atoms with Crippen LogP contribution in [0.3, 0.4) is 0 Å². The molecule has 4 aromatic rings. The Bertz CT molecular complexity index is 1420. The highest BCUT2D eigenvalue weighted by molar-refractivity contribution is 7.92.